The molecule has 0 atom stereocenters. The SMILES string of the molecule is Cc1[nH]ncc1Cc1ccncc1. The molecule has 0 spiro atoms. The molecule has 0 saturated heterocycles. The van der Waals surface area contributed by atoms with Gasteiger partial charge in [0, 0.05) is 24.5 Å². The Bertz CT molecular complexity index is 378. The molecule has 0 amide bonds. The molecule has 2 heterocycles. The molecule has 3 heteroatoms. The summed E-state index contributed by atoms with van der Waals surface area (Å²) in [5.41, 5.74) is 3.64. The molecule has 0 bridgehead atoms. The highest BCUT2D eigenvalue weighted by molar-refractivity contribution is 5.24. The number of nitrogens with zero attached hydrogens (tertiary/aromatic N) is 2. The van der Waals surface area contributed by atoms with Crippen molar-refractivity contribution in [1.82, 2.24) is 15.2 Å². The summed E-state index contributed by atoms with van der Waals surface area (Å²) in [6.45, 7) is 2.03. The summed E-state index contributed by atoms with van der Waals surface area (Å²) in [7, 11) is 0. The number of H-pyrrole nitrogens is 1. The number of aromatic amines is 1. The smallest absolute Gasteiger partial charge is 0.0525 e. The van der Waals surface area contributed by atoms with E-state index in [4.69, 9.17) is 0 Å². The minimum atomic E-state index is 0.921. The molecular formula is C10H11N3. The third kappa shape index (κ3) is 1.75. The normalized spacial score (nSPS) is 10.2. The van der Waals surface area contributed by atoms with Gasteiger partial charge in [-0.15, -0.1) is 0 Å². The van der Waals surface area contributed by atoms with Crippen molar-refractivity contribution in [1.29, 1.82) is 0 Å². The highest BCUT2D eigenvalue weighted by Gasteiger charge is 2.00. The maximum absolute atomic E-state index is 3.98. The first-order chi connectivity index (χ1) is 6.36. The van der Waals surface area contributed by atoms with Gasteiger partial charge in [0.25, 0.3) is 0 Å². The van der Waals surface area contributed by atoms with Gasteiger partial charge in [0.2, 0.25) is 0 Å². The first-order valence-corrected chi connectivity index (χ1v) is 4.24. The first kappa shape index (κ1) is 7.98. The number of rotatable bonds is 2. The minimum absolute atomic E-state index is 0.921. The van der Waals surface area contributed by atoms with Crippen LogP contribution in [-0.4, -0.2) is 15.2 Å². The van der Waals surface area contributed by atoms with Gasteiger partial charge in [0.15, 0.2) is 0 Å². The Labute approximate surface area is 76.8 Å². The molecule has 66 valence electrons. The van der Waals surface area contributed by atoms with E-state index in [-0.39, 0.29) is 0 Å². The van der Waals surface area contributed by atoms with E-state index in [1.165, 1.54) is 11.1 Å². The lowest BCUT2D eigenvalue weighted by atomic mass is 10.1. The standard InChI is InChI=1S/C10H11N3/c1-8-10(7-12-13-8)6-9-2-4-11-5-3-9/h2-5,7H,6H2,1H3,(H,12,13). The van der Waals surface area contributed by atoms with Crippen LogP contribution in [0.1, 0.15) is 16.8 Å². The predicted octanol–water partition coefficient (Wildman–Crippen LogP) is 1.70. The van der Waals surface area contributed by atoms with E-state index >= 15 is 0 Å². The third-order valence-corrected chi connectivity index (χ3v) is 2.08. The largest absolute Gasteiger partial charge is 0.283 e. The second-order valence-corrected chi connectivity index (χ2v) is 3.05. The molecule has 1 N–H and O–H groups in total. The van der Waals surface area contributed by atoms with Gasteiger partial charge in [0.1, 0.15) is 0 Å². The van der Waals surface area contributed by atoms with Gasteiger partial charge in [-0.05, 0) is 30.2 Å². The molecule has 0 unspecified atom stereocenters. The average Bonchev–Trinajstić information content (AvgIpc) is 2.54. The van der Waals surface area contributed by atoms with Crippen molar-refractivity contribution in [2.24, 2.45) is 0 Å². The molecule has 2 aromatic heterocycles. The molecule has 0 radical (unpaired) electrons. The monoisotopic (exact) mass is 173 g/mol. The molecule has 0 aliphatic heterocycles. The zero-order chi connectivity index (χ0) is 9.10. The van der Waals surface area contributed by atoms with Crippen LogP contribution in [0.5, 0.6) is 0 Å². The molecule has 0 aliphatic rings. The Morgan fingerprint density at radius 3 is 2.69 bits per heavy atom. The Kier molecular flexibility index (Phi) is 2.08. The molecule has 3 nitrogen and oxygen atoms in total. The van der Waals surface area contributed by atoms with Crippen molar-refractivity contribution in [3.8, 4) is 0 Å². The Morgan fingerprint density at radius 1 is 1.31 bits per heavy atom. The summed E-state index contributed by atoms with van der Waals surface area (Å²) < 4.78 is 0. The highest BCUT2D eigenvalue weighted by Crippen LogP contribution is 2.09. The Morgan fingerprint density at radius 2 is 2.08 bits per heavy atom. The summed E-state index contributed by atoms with van der Waals surface area (Å²) in [6, 6.07) is 4.04. The van der Waals surface area contributed by atoms with Crippen molar-refractivity contribution >= 4 is 0 Å². The van der Waals surface area contributed by atoms with Gasteiger partial charge in [-0.1, -0.05) is 0 Å². The van der Waals surface area contributed by atoms with Crippen molar-refractivity contribution in [3.63, 3.8) is 0 Å². The predicted molar refractivity (Wildman–Crippen MR) is 50.4 cm³/mol. The van der Waals surface area contributed by atoms with Crippen molar-refractivity contribution < 1.29 is 0 Å². The lowest BCUT2D eigenvalue weighted by Gasteiger charge is -1.98. The second kappa shape index (κ2) is 3.39. The number of hydrogen-bond donors (Lipinski definition) is 1. The Hall–Kier alpha value is -1.64. The van der Waals surface area contributed by atoms with Gasteiger partial charge in [-0.2, -0.15) is 5.10 Å². The fraction of sp³-hybridized carbons (Fsp3) is 0.200. The highest BCUT2D eigenvalue weighted by atomic mass is 15.1. The maximum atomic E-state index is 3.98. The number of pyridine rings is 1. The number of aromatic nitrogens is 3. The zero-order valence-corrected chi connectivity index (χ0v) is 7.49. The van der Waals surface area contributed by atoms with Crippen molar-refractivity contribution in [3.05, 3.63) is 47.5 Å². The van der Waals surface area contributed by atoms with E-state index in [0.717, 1.165) is 12.1 Å². The van der Waals surface area contributed by atoms with Crippen LogP contribution in [0.3, 0.4) is 0 Å². The van der Waals surface area contributed by atoms with E-state index in [1.807, 2.05) is 37.6 Å². The van der Waals surface area contributed by atoms with E-state index < -0.39 is 0 Å². The number of aryl methyl sites for hydroxylation is 1. The van der Waals surface area contributed by atoms with Crippen LogP contribution < -0.4 is 0 Å². The zero-order valence-electron chi connectivity index (χ0n) is 7.49. The van der Waals surface area contributed by atoms with E-state index in [1.54, 1.807) is 0 Å². The van der Waals surface area contributed by atoms with Gasteiger partial charge in [-0.25, -0.2) is 0 Å². The fourth-order valence-corrected chi connectivity index (χ4v) is 1.27. The molecule has 0 saturated carbocycles. The Balaban J connectivity index is 2.20. The molecule has 13 heavy (non-hydrogen) atoms. The minimum Gasteiger partial charge on any atom is -0.283 e. The number of hydrogen-bond acceptors (Lipinski definition) is 2. The van der Waals surface area contributed by atoms with Crippen molar-refractivity contribution in [2.45, 2.75) is 13.3 Å². The lowest BCUT2D eigenvalue weighted by molar-refractivity contribution is 1.04. The van der Waals surface area contributed by atoms with Gasteiger partial charge in [-0.3, -0.25) is 10.1 Å². The molecule has 0 fully saturated rings. The quantitative estimate of drug-likeness (QED) is 0.751. The van der Waals surface area contributed by atoms with Crippen LogP contribution >= 0.6 is 0 Å². The summed E-state index contributed by atoms with van der Waals surface area (Å²) in [6.07, 6.45) is 6.41. The van der Waals surface area contributed by atoms with Crippen LogP contribution in [0.25, 0.3) is 0 Å². The number of nitrogens with one attached hydrogen (secondary N) is 1. The first-order valence-electron chi connectivity index (χ1n) is 4.24. The lowest BCUT2D eigenvalue weighted by Crippen LogP contribution is -1.88. The van der Waals surface area contributed by atoms with Gasteiger partial charge >= 0.3 is 0 Å². The van der Waals surface area contributed by atoms with Crippen LogP contribution in [0, 0.1) is 6.92 Å². The third-order valence-electron chi connectivity index (χ3n) is 2.08. The van der Waals surface area contributed by atoms with E-state index in [0.29, 0.717) is 0 Å². The summed E-state index contributed by atoms with van der Waals surface area (Å²) in [4.78, 5) is 3.97. The molecule has 0 aromatic carbocycles. The topological polar surface area (TPSA) is 41.6 Å². The van der Waals surface area contributed by atoms with Crippen molar-refractivity contribution in [2.75, 3.05) is 0 Å². The van der Waals surface area contributed by atoms with Crippen LogP contribution in [0.4, 0.5) is 0 Å². The van der Waals surface area contributed by atoms with Gasteiger partial charge in [0.05, 0.1) is 6.20 Å². The summed E-state index contributed by atoms with van der Waals surface area (Å²) in [5, 5.41) is 6.90. The molecule has 2 rings (SSSR count). The summed E-state index contributed by atoms with van der Waals surface area (Å²) >= 11 is 0. The van der Waals surface area contributed by atoms with E-state index in [9.17, 15) is 0 Å². The van der Waals surface area contributed by atoms with E-state index in [2.05, 4.69) is 15.2 Å². The molecular weight excluding hydrogens is 162 g/mol. The fourth-order valence-electron chi connectivity index (χ4n) is 1.27. The average molecular weight is 173 g/mol. The van der Waals surface area contributed by atoms with Gasteiger partial charge < -0.3 is 0 Å². The van der Waals surface area contributed by atoms with Crippen LogP contribution in [0.2, 0.25) is 0 Å². The second-order valence-electron chi connectivity index (χ2n) is 3.05. The van der Waals surface area contributed by atoms with Crippen LogP contribution in [-0.2, 0) is 6.42 Å². The maximum Gasteiger partial charge on any atom is 0.0525 e. The molecule has 0 aliphatic carbocycles. The van der Waals surface area contributed by atoms with Crippen LogP contribution in [0.15, 0.2) is 30.7 Å². The molecule has 2 aromatic rings. The summed E-state index contributed by atoms with van der Waals surface area (Å²) in [5.74, 6) is 0.